The van der Waals surface area contributed by atoms with Crippen molar-refractivity contribution in [3.63, 3.8) is 0 Å². The lowest BCUT2D eigenvalue weighted by molar-refractivity contribution is 0.241. The van der Waals surface area contributed by atoms with Gasteiger partial charge in [0.1, 0.15) is 5.75 Å². The van der Waals surface area contributed by atoms with Crippen LogP contribution in [0.3, 0.4) is 0 Å². The van der Waals surface area contributed by atoms with Crippen molar-refractivity contribution >= 4 is 15.9 Å². The summed E-state index contributed by atoms with van der Waals surface area (Å²) >= 11 is 3.48. The van der Waals surface area contributed by atoms with Gasteiger partial charge in [0.05, 0.1) is 6.61 Å². The van der Waals surface area contributed by atoms with Gasteiger partial charge in [-0.15, -0.1) is 0 Å². The molecule has 1 aromatic rings. The number of hydrogen-bond donors (Lipinski definition) is 1. The Bertz CT molecular complexity index is 358. The monoisotopic (exact) mass is 299 g/mol. The zero-order valence-corrected chi connectivity index (χ0v) is 12.7. The van der Waals surface area contributed by atoms with Crippen molar-refractivity contribution in [3.05, 3.63) is 28.2 Å². The molecular weight excluding hydrogens is 278 g/mol. The van der Waals surface area contributed by atoms with Crippen molar-refractivity contribution in [2.45, 2.75) is 33.7 Å². The van der Waals surface area contributed by atoms with Gasteiger partial charge < -0.3 is 10.1 Å². The summed E-state index contributed by atoms with van der Waals surface area (Å²) in [6.45, 7) is 8.28. The normalized spacial score (nSPS) is 11.6. The summed E-state index contributed by atoms with van der Waals surface area (Å²) in [6, 6.07) is 6.15. The minimum atomic E-state index is 0.318. The lowest BCUT2D eigenvalue weighted by Gasteiger charge is -2.19. The molecule has 1 aromatic carbocycles. The van der Waals surface area contributed by atoms with E-state index in [0.29, 0.717) is 5.41 Å². The molecule has 0 unspecified atom stereocenters. The number of ether oxygens (including phenoxy) is 1. The third-order valence-corrected chi connectivity index (χ3v) is 2.99. The van der Waals surface area contributed by atoms with E-state index in [0.717, 1.165) is 29.8 Å². The minimum Gasteiger partial charge on any atom is -0.493 e. The van der Waals surface area contributed by atoms with Crippen LogP contribution in [0.2, 0.25) is 0 Å². The standard InChI is InChI=1S/C14H22BrNO/c1-14(2,3)7-8-17-13-6-5-12(15)9-11(13)10-16-4/h5-6,9,16H,7-8,10H2,1-4H3. The smallest absolute Gasteiger partial charge is 0.123 e. The summed E-state index contributed by atoms with van der Waals surface area (Å²) in [5.74, 6) is 0.979. The summed E-state index contributed by atoms with van der Waals surface area (Å²) in [5.41, 5.74) is 1.51. The molecule has 0 fully saturated rings. The number of nitrogens with one attached hydrogen (secondary N) is 1. The van der Waals surface area contributed by atoms with Gasteiger partial charge in [-0.3, -0.25) is 0 Å². The highest BCUT2D eigenvalue weighted by atomic mass is 79.9. The lowest BCUT2D eigenvalue weighted by atomic mass is 9.93. The Morgan fingerprint density at radius 1 is 1.29 bits per heavy atom. The summed E-state index contributed by atoms with van der Waals surface area (Å²) in [4.78, 5) is 0. The molecule has 0 aromatic heterocycles. The van der Waals surface area contributed by atoms with Crippen molar-refractivity contribution in [2.75, 3.05) is 13.7 Å². The maximum Gasteiger partial charge on any atom is 0.123 e. The molecule has 0 aliphatic heterocycles. The molecule has 0 atom stereocenters. The molecule has 96 valence electrons. The van der Waals surface area contributed by atoms with Gasteiger partial charge in [-0.25, -0.2) is 0 Å². The molecule has 0 saturated heterocycles. The third kappa shape index (κ3) is 5.55. The highest BCUT2D eigenvalue weighted by Crippen LogP contribution is 2.25. The highest BCUT2D eigenvalue weighted by molar-refractivity contribution is 9.10. The number of benzene rings is 1. The topological polar surface area (TPSA) is 21.3 Å². The van der Waals surface area contributed by atoms with E-state index in [1.54, 1.807) is 0 Å². The summed E-state index contributed by atoms with van der Waals surface area (Å²) in [7, 11) is 1.94. The first-order valence-corrected chi connectivity index (χ1v) is 6.77. The van der Waals surface area contributed by atoms with Crippen LogP contribution in [0.15, 0.2) is 22.7 Å². The fourth-order valence-corrected chi connectivity index (χ4v) is 1.89. The van der Waals surface area contributed by atoms with E-state index >= 15 is 0 Å². The Labute approximate surface area is 113 Å². The molecule has 1 N–H and O–H groups in total. The van der Waals surface area contributed by atoms with Gasteiger partial charge in [0.15, 0.2) is 0 Å². The van der Waals surface area contributed by atoms with Crippen LogP contribution in [0.1, 0.15) is 32.8 Å². The van der Waals surface area contributed by atoms with Gasteiger partial charge in [0.25, 0.3) is 0 Å². The molecular formula is C14H22BrNO. The van der Waals surface area contributed by atoms with Crippen LogP contribution < -0.4 is 10.1 Å². The first kappa shape index (κ1) is 14.5. The SMILES string of the molecule is CNCc1cc(Br)ccc1OCCC(C)(C)C. The van der Waals surface area contributed by atoms with Crippen LogP contribution in [0.5, 0.6) is 5.75 Å². The van der Waals surface area contributed by atoms with Crippen molar-refractivity contribution in [1.82, 2.24) is 5.32 Å². The largest absolute Gasteiger partial charge is 0.493 e. The molecule has 0 aliphatic carbocycles. The second-order valence-corrected chi connectivity index (χ2v) is 6.36. The molecule has 3 heteroatoms. The molecule has 0 bridgehead atoms. The van der Waals surface area contributed by atoms with E-state index in [4.69, 9.17) is 4.74 Å². The summed E-state index contributed by atoms with van der Waals surface area (Å²) in [6.07, 6.45) is 1.06. The summed E-state index contributed by atoms with van der Waals surface area (Å²) in [5, 5.41) is 3.16. The first-order chi connectivity index (χ1) is 7.92. The van der Waals surface area contributed by atoms with Crippen LogP contribution in [-0.4, -0.2) is 13.7 Å². The molecule has 0 radical (unpaired) electrons. The van der Waals surface area contributed by atoms with E-state index in [1.807, 2.05) is 19.2 Å². The molecule has 0 amide bonds. The zero-order valence-electron chi connectivity index (χ0n) is 11.1. The van der Waals surface area contributed by atoms with Crippen LogP contribution in [-0.2, 0) is 6.54 Å². The maximum atomic E-state index is 5.86. The average Bonchev–Trinajstić information content (AvgIpc) is 2.20. The molecule has 1 rings (SSSR count). The van der Waals surface area contributed by atoms with Crippen molar-refractivity contribution in [3.8, 4) is 5.75 Å². The average molecular weight is 300 g/mol. The van der Waals surface area contributed by atoms with Crippen LogP contribution in [0, 0.1) is 5.41 Å². The Kier molecular flexibility index (Phi) is 5.47. The van der Waals surface area contributed by atoms with Gasteiger partial charge in [0.2, 0.25) is 0 Å². The minimum absolute atomic E-state index is 0.318. The van der Waals surface area contributed by atoms with E-state index in [1.165, 1.54) is 5.56 Å². The van der Waals surface area contributed by atoms with Gasteiger partial charge >= 0.3 is 0 Å². The predicted octanol–water partition coefficient (Wildman–Crippen LogP) is 3.98. The Hall–Kier alpha value is -0.540. The summed E-state index contributed by atoms with van der Waals surface area (Å²) < 4.78 is 6.95. The third-order valence-electron chi connectivity index (χ3n) is 2.50. The number of halogens is 1. The molecule has 0 heterocycles. The molecule has 2 nitrogen and oxygen atoms in total. The maximum absolute atomic E-state index is 5.86. The predicted molar refractivity (Wildman–Crippen MR) is 76.5 cm³/mol. The van der Waals surface area contributed by atoms with E-state index in [2.05, 4.69) is 48.1 Å². The van der Waals surface area contributed by atoms with E-state index in [9.17, 15) is 0 Å². The molecule has 0 saturated carbocycles. The highest BCUT2D eigenvalue weighted by Gasteiger charge is 2.11. The van der Waals surface area contributed by atoms with E-state index in [-0.39, 0.29) is 0 Å². The Balaban J connectivity index is 2.63. The zero-order chi connectivity index (χ0) is 12.9. The van der Waals surface area contributed by atoms with Gasteiger partial charge in [-0.1, -0.05) is 36.7 Å². The fraction of sp³-hybridized carbons (Fsp3) is 0.571. The van der Waals surface area contributed by atoms with Gasteiger partial charge in [0, 0.05) is 16.6 Å². The van der Waals surface area contributed by atoms with E-state index < -0.39 is 0 Å². The van der Waals surface area contributed by atoms with Crippen LogP contribution in [0.25, 0.3) is 0 Å². The Morgan fingerprint density at radius 3 is 2.59 bits per heavy atom. The number of rotatable bonds is 5. The van der Waals surface area contributed by atoms with Crippen molar-refractivity contribution in [1.29, 1.82) is 0 Å². The van der Waals surface area contributed by atoms with Crippen LogP contribution >= 0.6 is 15.9 Å². The van der Waals surface area contributed by atoms with Crippen molar-refractivity contribution in [2.24, 2.45) is 5.41 Å². The molecule has 17 heavy (non-hydrogen) atoms. The van der Waals surface area contributed by atoms with Crippen molar-refractivity contribution < 1.29 is 4.74 Å². The Morgan fingerprint density at radius 2 is 2.00 bits per heavy atom. The second kappa shape index (κ2) is 6.41. The van der Waals surface area contributed by atoms with Gasteiger partial charge in [-0.2, -0.15) is 0 Å². The quantitative estimate of drug-likeness (QED) is 0.888. The second-order valence-electron chi connectivity index (χ2n) is 5.44. The lowest BCUT2D eigenvalue weighted by Crippen LogP contribution is -2.13. The molecule has 0 aliphatic rings. The fourth-order valence-electron chi connectivity index (χ4n) is 1.48. The molecule has 0 spiro atoms. The first-order valence-electron chi connectivity index (χ1n) is 5.98. The van der Waals surface area contributed by atoms with Gasteiger partial charge in [-0.05, 0) is 37.1 Å². The number of hydrogen-bond acceptors (Lipinski definition) is 2. The van der Waals surface area contributed by atoms with Crippen LogP contribution in [0.4, 0.5) is 0 Å².